The largest absolute Gasteiger partial charge is 2.00 e. The first-order valence-corrected chi connectivity index (χ1v) is 16.5. The van der Waals surface area contributed by atoms with Crippen molar-refractivity contribution < 1.29 is 25.8 Å². The second kappa shape index (κ2) is 10.8. The third-order valence-electron chi connectivity index (χ3n) is 9.51. The van der Waals surface area contributed by atoms with Crippen molar-refractivity contribution in [2.24, 2.45) is 0 Å². The van der Waals surface area contributed by atoms with E-state index in [1.807, 2.05) is 54.6 Å². The third kappa shape index (κ3) is 4.16. The molecule has 0 aliphatic carbocycles. The van der Waals surface area contributed by atoms with Gasteiger partial charge in [0.1, 0.15) is 5.65 Å². The van der Waals surface area contributed by atoms with Gasteiger partial charge in [-0.1, -0.05) is 84.5 Å². The first kappa shape index (κ1) is 29.3. The van der Waals surface area contributed by atoms with Crippen LogP contribution in [-0.4, -0.2) is 18.9 Å². The molecule has 1 aliphatic heterocycles. The quantitative estimate of drug-likeness (QED) is 0.132. The van der Waals surface area contributed by atoms with Gasteiger partial charge in [0.05, 0.1) is 11.2 Å². The molecule has 5 aromatic carbocycles. The van der Waals surface area contributed by atoms with Crippen molar-refractivity contribution in [3.8, 4) is 17.2 Å². The van der Waals surface area contributed by atoms with Gasteiger partial charge in [0.25, 0.3) is 0 Å². The smallest absolute Gasteiger partial charge is 0.503 e. The Hall–Kier alpha value is -4.90. The fraction of sp³-hybridized carbons (Fsp3) is 0.0732. The van der Waals surface area contributed by atoms with E-state index in [9.17, 15) is 0 Å². The predicted octanol–water partition coefficient (Wildman–Crippen LogP) is 10.3. The molecule has 7 heteroatoms. The molecule has 0 spiro atoms. The van der Waals surface area contributed by atoms with E-state index >= 15 is 0 Å². The van der Waals surface area contributed by atoms with Crippen LogP contribution in [0.1, 0.15) is 25.0 Å². The number of para-hydroxylation sites is 1. The number of imidazole rings is 1. The topological polar surface area (TPSA) is 44.4 Å². The van der Waals surface area contributed by atoms with Gasteiger partial charge in [-0.3, -0.25) is 4.98 Å². The molecular formula is C41H26N4OPtS. The number of nitrogens with zero attached hydrogens (tertiary/aromatic N) is 4. The van der Waals surface area contributed by atoms with Gasteiger partial charge in [-0.25, -0.2) is 4.98 Å². The molecule has 0 saturated heterocycles. The number of pyridine rings is 2. The van der Waals surface area contributed by atoms with Crippen LogP contribution in [0.5, 0.6) is 11.5 Å². The number of hydrogen-bond donors (Lipinski definition) is 0. The summed E-state index contributed by atoms with van der Waals surface area (Å²) in [7, 11) is 0. The Kier molecular flexibility index (Phi) is 6.59. The van der Waals surface area contributed by atoms with E-state index in [-0.39, 0.29) is 26.5 Å². The molecule has 0 saturated carbocycles. The van der Waals surface area contributed by atoms with Gasteiger partial charge >= 0.3 is 21.1 Å². The summed E-state index contributed by atoms with van der Waals surface area (Å²) in [6, 6.07) is 43.0. The van der Waals surface area contributed by atoms with Crippen LogP contribution in [-0.2, 0) is 26.5 Å². The standard InChI is InChI=1S/C41H26N4OS.Pt/c1-41(2)32-13-4-6-15-35(32)47-36-19-18-34-37(38(36)41)30-12-8-20-42-40(30)45(34)25-9-7-10-26(23-25)46-27-16-17-28-29-11-3-5-14-33(29)44-22-21-43-39(44)31(28)24-27;/h3-22H,1-2H3;/q-2;+2. The molecule has 0 radical (unpaired) electrons. The van der Waals surface area contributed by atoms with E-state index in [1.54, 1.807) is 0 Å². The number of aromatic nitrogens is 4. The van der Waals surface area contributed by atoms with Crippen LogP contribution in [0, 0.1) is 12.1 Å². The number of benzene rings is 5. The Balaban J connectivity index is 0.00000314. The van der Waals surface area contributed by atoms with Crippen molar-refractivity contribution in [2.45, 2.75) is 29.1 Å². The van der Waals surface area contributed by atoms with Gasteiger partial charge in [0, 0.05) is 61.6 Å². The van der Waals surface area contributed by atoms with Gasteiger partial charge in [-0.2, -0.15) is 6.07 Å². The minimum Gasteiger partial charge on any atom is -0.503 e. The van der Waals surface area contributed by atoms with Crippen molar-refractivity contribution in [1.82, 2.24) is 18.9 Å². The summed E-state index contributed by atoms with van der Waals surface area (Å²) in [6.45, 7) is 4.67. The minimum absolute atomic E-state index is 0. The van der Waals surface area contributed by atoms with E-state index in [4.69, 9.17) is 9.72 Å². The average Bonchev–Trinajstić information content (AvgIpc) is 3.72. The normalized spacial score (nSPS) is 13.5. The molecule has 4 aromatic heterocycles. The zero-order chi connectivity index (χ0) is 31.3. The second-order valence-corrected chi connectivity index (χ2v) is 13.6. The average molecular weight is 818 g/mol. The molecule has 9 aromatic rings. The molecular weight excluding hydrogens is 792 g/mol. The Bertz CT molecular complexity index is 2740. The maximum absolute atomic E-state index is 6.46. The molecule has 48 heavy (non-hydrogen) atoms. The van der Waals surface area contributed by atoms with Gasteiger partial charge in [0.15, 0.2) is 0 Å². The Morgan fingerprint density at radius 3 is 2.42 bits per heavy atom. The van der Waals surface area contributed by atoms with E-state index in [1.165, 1.54) is 26.3 Å². The summed E-state index contributed by atoms with van der Waals surface area (Å²) in [4.78, 5) is 12.2. The van der Waals surface area contributed by atoms with Crippen LogP contribution >= 0.6 is 11.8 Å². The molecule has 0 N–H and O–H groups in total. The summed E-state index contributed by atoms with van der Waals surface area (Å²) >= 11 is 1.85. The van der Waals surface area contributed by atoms with Crippen molar-refractivity contribution in [3.05, 3.63) is 145 Å². The summed E-state index contributed by atoms with van der Waals surface area (Å²) in [5.74, 6) is 1.21. The number of hydrogen-bond acceptors (Lipinski definition) is 4. The van der Waals surface area contributed by atoms with Crippen LogP contribution < -0.4 is 4.74 Å². The third-order valence-corrected chi connectivity index (χ3v) is 10.6. The molecule has 5 heterocycles. The first-order valence-electron chi connectivity index (χ1n) is 15.7. The summed E-state index contributed by atoms with van der Waals surface area (Å²) in [6.07, 6.45) is 5.68. The maximum Gasteiger partial charge on any atom is 2.00 e. The number of ether oxygens (including phenoxy) is 1. The van der Waals surface area contributed by atoms with Crippen LogP contribution in [0.4, 0.5) is 0 Å². The minimum atomic E-state index is -0.183. The predicted molar refractivity (Wildman–Crippen MR) is 189 cm³/mol. The SMILES string of the molecule is CC1(C)c2ccccc2Sc2ccc3c(c21)c1cccnc1n3-c1[c-]c(Oc2[c-]c3c(cc2)c2ccccc2n2ccnc32)ccc1.[Pt+2]. The van der Waals surface area contributed by atoms with Crippen molar-refractivity contribution >= 4 is 61.0 Å². The van der Waals surface area contributed by atoms with Crippen molar-refractivity contribution in [2.75, 3.05) is 0 Å². The summed E-state index contributed by atoms with van der Waals surface area (Å²) < 4.78 is 10.8. The van der Waals surface area contributed by atoms with Gasteiger partial charge in [-0.15, -0.1) is 30.3 Å². The number of fused-ring (bicyclic) bond motifs is 12. The fourth-order valence-electron chi connectivity index (χ4n) is 7.46. The summed E-state index contributed by atoms with van der Waals surface area (Å²) in [5, 5.41) is 5.52. The zero-order valence-corrected chi connectivity index (χ0v) is 29.1. The fourth-order valence-corrected chi connectivity index (χ4v) is 8.88. The van der Waals surface area contributed by atoms with Crippen molar-refractivity contribution in [3.63, 3.8) is 0 Å². The van der Waals surface area contributed by atoms with Crippen LogP contribution in [0.3, 0.4) is 0 Å². The monoisotopic (exact) mass is 817 g/mol. The Morgan fingerprint density at radius 2 is 1.48 bits per heavy atom. The van der Waals surface area contributed by atoms with Crippen LogP contribution in [0.25, 0.3) is 54.9 Å². The maximum atomic E-state index is 6.46. The van der Waals surface area contributed by atoms with E-state index in [2.05, 4.69) is 119 Å². The molecule has 0 fully saturated rings. The van der Waals surface area contributed by atoms with E-state index < -0.39 is 0 Å². The molecule has 0 bridgehead atoms. The molecule has 0 atom stereocenters. The molecule has 0 unspecified atom stereocenters. The van der Waals surface area contributed by atoms with E-state index in [0.29, 0.717) is 11.5 Å². The van der Waals surface area contributed by atoms with Crippen LogP contribution in [0.15, 0.2) is 132 Å². The second-order valence-electron chi connectivity index (χ2n) is 12.5. The number of rotatable bonds is 3. The molecule has 5 nitrogen and oxygen atoms in total. The van der Waals surface area contributed by atoms with Gasteiger partial charge < -0.3 is 13.7 Å². The molecule has 0 amide bonds. The van der Waals surface area contributed by atoms with Crippen LogP contribution in [0.2, 0.25) is 0 Å². The van der Waals surface area contributed by atoms with Gasteiger partial charge in [-0.05, 0) is 52.9 Å². The van der Waals surface area contributed by atoms with Gasteiger partial charge in [0.2, 0.25) is 0 Å². The summed E-state index contributed by atoms with van der Waals surface area (Å²) in [5.41, 5.74) is 7.34. The first-order chi connectivity index (χ1) is 23.1. The van der Waals surface area contributed by atoms with Crippen molar-refractivity contribution in [1.29, 1.82) is 0 Å². The zero-order valence-electron chi connectivity index (χ0n) is 26.0. The molecule has 10 rings (SSSR count). The molecule has 1 aliphatic rings. The Labute approximate surface area is 295 Å². The Morgan fingerprint density at radius 1 is 0.667 bits per heavy atom. The molecule has 232 valence electrons. The van der Waals surface area contributed by atoms with E-state index in [0.717, 1.165) is 49.6 Å².